The van der Waals surface area contributed by atoms with Gasteiger partial charge in [-0.2, -0.15) is 0 Å². The van der Waals surface area contributed by atoms with Crippen molar-refractivity contribution in [3.05, 3.63) is 54.2 Å². The van der Waals surface area contributed by atoms with Crippen molar-refractivity contribution < 1.29 is 18.3 Å². The maximum Gasteiger partial charge on any atom is 0.208 e. The molecule has 174 valence electrons. The SMILES string of the molecule is CS(=O)(=O)NC1CCN(c2ccccn2)CC1COC1CCC(c2ccccc2O)CC1. The van der Waals surface area contributed by atoms with Gasteiger partial charge in [-0.15, -0.1) is 0 Å². The molecule has 0 radical (unpaired) electrons. The average molecular weight is 460 g/mol. The number of phenolic OH excluding ortho intramolecular Hbond substituents is 1. The number of aromatic nitrogens is 1. The van der Waals surface area contributed by atoms with Crippen molar-refractivity contribution in [2.24, 2.45) is 5.92 Å². The number of ether oxygens (including phenoxy) is 1. The third-order valence-corrected chi connectivity index (χ3v) is 7.40. The standard InChI is InChI=1S/C24H33N3O4S/c1-32(29,30)26-22-13-15-27(24-8-4-5-14-25-24)16-19(22)17-31-20-11-9-18(10-12-20)21-6-2-3-7-23(21)28/h2-8,14,18-20,22,26,28H,9-13,15-17H2,1H3. The van der Waals surface area contributed by atoms with E-state index in [-0.39, 0.29) is 18.1 Å². The van der Waals surface area contributed by atoms with E-state index < -0.39 is 10.0 Å². The van der Waals surface area contributed by atoms with Gasteiger partial charge in [0.25, 0.3) is 0 Å². The lowest BCUT2D eigenvalue weighted by atomic mass is 9.82. The van der Waals surface area contributed by atoms with Crippen LogP contribution >= 0.6 is 0 Å². The molecule has 0 bridgehead atoms. The smallest absolute Gasteiger partial charge is 0.208 e. The first-order valence-electron chi connectivity index (χ1n) is 11.4. The molecule has 4 rings (SSSR count). The van der Waals surface area contributed by atoms with Gasteiger partial charge in [0.05, 0.1) is 19.0 Å². The lowest BCUT2D eigenvalue weighted by molar-refractivity contribution is -0.00223. The van der Waals surface area contributed by atoms with Crippen LogP contribution in [-0.4, -0.2) is 56.6 Å². The molecule has 0 amide bonds. The Balaban J connectivity index is 1.35. The predicted octanol–water partition coefficient (Wildman–Crippen LogP) is 3.27. The monoisotopic (exact) mass is 459 g/mol. The van der Waals surface area contributed by atoms with Crippen LogP contribution < -0.4 is 9.62 Å². The zero-order valence-electron chi connectivity index (χ0n) is 18.6. The van der Waals surface area contributed by atoms with Crippen LogP contribution in [0, 0.1) is 5.92 Å². The summed E-state index contributed by atoms with van der Waals surface area (Å²) in [5.74, 6) is 1.71. The maximum absolute atomic E-state index is 11.9. The Labute approximate surface area is 190 Å². The molecule has 2 N–H and O–H groups in total. The number of para-hydroxylation sites is 1. The fourth-order valence-corrected chi connectivity index (χ4v) is 5.87. The quantitative estimate of drug-likeness (QED) is 0.660. The molecule has 32 heavy (non-hydrogen) atoms. The number of nitrogens with one attached hydrogen (secondary N) is 1. The van der Waals surface area contributed by atoms with Gasteiger partial charge in [-0.3, -0.25) is 0 Å². The Morgan fingerprint density at radius 3 is 2.53 bits per heavy atom. The third-order valence-electron chi connectivity index (χ3n) is 6.67. The van der Waals surface area contributed by atoms with Crippen molar-refractivity contribution in [1.29, 1.82) is 0 Å². The second-order valence-electron chi connectivity index (χ2n) is 9.04. The molecule has 2 atom stereocenters. The van der Waals surface area contributed by atoms with Crippen molar-refractivity contribution in [2.45, 2.75) is 50.2 Å². The number of piperidine rings is 1. The van der Waals surface area contributed by atoms with E-state index in [2.05, 4.69) is 14.6 Å². The molecule has 1 aromatic heterocycles. The molecule has 1 saturated heterocycles. The first-order chi connectivity index (χ1) is 15.4. The summed E-state index contributed by atoms with van der Waals surface area (Å²) in [6.45, 7) is 1.98. The number of sulfonamides is 1. The fraction of sp³-hybridized carbons (Fsp3) is 0.542. The predicted molar refractivity (Wildman–Crippen MR) is 125 cm³/mol. The summed E-state index contributed by atoms with van der Waals surface area (Å²) in [7, 11) is -3.29. The summed E-state index contributed by atoms with van der Waals surface area (Å²) < 4.78 is 32.9. The van der Waals surface area contributed by atoms with E-state index in [1.807, 2.05) is 36.4 Å². The summed E-state index contributed by atoms with van der Waals surface area (Å²) in [4.78, 5) is 6.67. The summed E-state index contributed by atoms with van der Waals surface area (Å²) >= 11 is 0. The van der Waals surface area contributed by atoms with Gasteiger partial charge in [-0.05, 0) is 61.8 Å². The van der Waals surface area contributed by atoms with E-state index in [9.17, 15) is 13.5 Å². The molecule has 2 fully saturated rings. The minimum Gasteiger partial charge on any atom is -0.508 e. The molecule has 8 heteroatoms. The number of hydrogen-bond acceptors (Lipinski definition) is 6. The highest BCUT2D eigenvalue weighted by molar-refractivity contribution is 7.88. The Kier molecular flexibility index (Phi) is 7.33. The highest BCUT2D eigenvalue weighted by atomic mass is 32.2. The van der Waals surface area contributed by atoms with E-state index >= 15 is 0 Å². The molecule has 1 aliphatic carbocycles. The number of anilines is 1. The average Bonchev–Trinajstić information content (AvgIpc) is 2.79. The second-order valence-corrected chi connectivity index (χ2v) is 10.8. The first kappa shape index (κ1) is 23.0. The zero-order valence-corrected chi connectivity index (χ0v) is 19.4. The van der Waals surface area contributed by atoms with Gasteiger partial charge < -0.3 is 14.7 Å². The van der Waals surface area contributed by atoms with Crippen LogP contribution in [0.1, 0.15) is 43.6 Å². The topological polar surface area (TPSA) is 91.8 Å². The van der Waals surface area contributed by atoms with Gasteiger partial charge in [0.15, 0.2) is 0 Å². The first-order valence-corrected chi connectivity index (χ1v) is 13.3. The number of pyridine rings is 1. The highest BCUT2D eigenvalue weighted by Gasteiger charge is 2.33. The Bertz CT molecular complexity index is 978. The maximum atomic E-state index is 11.9. The number of aromatic hydroxyl groups is 1. The van der Waals surface area contributed by atoms with Gasteiger partial charge in [0, 0.05) is 31.2 Å². The van der Waals surface area contributed by atoms with E-state index in [1.165, 1.54) is 6.26 Å². The molecule has 2 aliphatic rings. The van der Waals surface area contributed by atoms with Crippen LogP contribution in [-0.2, 0) is 14.8 Å². The molecule has 2 unspecified atom stereocenters. The molecule has 2 aromatic rings. The molecule has 1 aliphatic heterocycles. The number of phenols is 1. The Morgan fingerprint density at radius 1 is 1.09 bits per heavy atom. The van der Waals surface area contributed by atoms with Crippen molar-refractivity contribution in [1.82, 2.24) is 9.71 Å². The van der Waals surface area contributed by atoms with E-state index in [0.717, 1.165) is 50.0 Å². The fourth-order valence-electron chi connectivity index (χ4n) is 5.01. The second kappa shape index (κ2) is 10.2. The number of nitrogens with zero attached hydrogens (tertiary/aromatic N) is 2. The summed E-state index contributed by atoms with van der Waals surface area (Å²) in [5, 5.41) is 10.1. The molecule has 1 saturated carbocycles. The summed E-state index contributed by atoms with van der Waals surface area (Å²) in [6, 6.07) is 13.3. The van der Waals surface area contributed by atoms with Gasteiger partial charge in [0.2, 0.25) is 10.0 Å². The van der Waals surface area contributed by atoms with Gasteiger partial charge in [-0.1, -0.05) is 24.3 Å². The molecule has 7 nitrogen and oxygen atoms in total. The number of hydrogen-bond donors (Lipinski definition) is 2. The van der Waals surface area contributed by atoms with Crippen molar-refractivity contribution in [2.75, 3.05) is 30.9 Å². The van der Waals surface area contributed by atoms with Crippen LogP contribution in [0.15, 0.2) is 48.7 Å². The number of rotatable bonds is 7. The van der Waals surface area contributed by atoms with Crippen molar-refractivity contribution >= 4 is 15.8 Å². The summed E-state index contributed by atoms with van der Waals surface area (Å²) in [6.07, 6.45) is 7.75. The number of benzene rings is 1. The molecule has 0 spiro atoms. The van der Waals surface area contributed by atoms with Gasteiger partial charge in [-0.25, -0.2) is 18.1 Å². The normalized spacial score (nSPS) is 26.7. The molecule has 2 heterocycles. The Morgan fingerprint density at radius 2 is 1.84 bits per heavy atom. The van der Waals surface area contributed by atoms with Crippen LogP contribution in [0.3, 0.4) is 0 Å². The summed E-state index contributed by atoms with van der Waals surface area (Å²) in [5.41, 5.74) is 1.03. The van der Waals surface area contributed by atoms with Gasteiger partial charge in [0.1, 0.15) is 11.6 Å². The van der Waals surface area contributed by atoms with Gasteiger partial charge >= 0.3 is 0 Å². The van der Waals surface area contributed by atoms with E-state index in [4.69, 9.17) is 4.74 Å². The molecule has 1 aromatic carbocycles. The largest absolute Gasteiger partial charge is 0.508 e. The third kappa shape index (κ3) is 5.99. The highest BCUT2D eigenvalue weighted by Crippen LogP contribution is 2.38. The lowest BCUT2D eigenvalue weighted by Crippen LogP contribution is -2.52. The minimum absolute atomic E-state index is 0.0522. The van der Waals surface area contributed by atoms with Crippen LogP contribution in [0.25, 0.3) is 0 Å². The zero-order chi connectivity index (χ0) is 22.6. The molecular weight excluding hydrogens is 426 g/mol. The van der Waals surface area contributed by atoms with Crippen LogP contribution in [0.4, 0.5) is 5.82 Å². The lowest BCUT2D eigenvalue weighted by Gasteiger charge is -2.40. The minimum atomic E-state index is -3.29. The molecular formula is C24H33N3O4S. The van der Waals surface area contributed by atoms with Crippen molar-refractivity contribution in [3.63, 3.8) is 0 Å². The van der Waals surface area contributed by atoms with Crippen LogP contribution in [0.2, 0.25) is 0 Å². The van der Waals surface area contributed by atoms with Crippen LogP contribution in [0.5, 0.6) is 5.75 Å². The Hall–Kier alpha value is -2.16. The van der Waals surface area contributed by atoms with Crippen molar-refractivity contribution in [3.8, 4) is 5.75 Å². The van der Waals surface area contributed by atoms with E-state index in [0.29, 0.717) is 24.8 Å². The van der Waals surface area contributed by atoms with E-state index in [1.54, 1.807) is 12.3 Å².